The normalized spacial score (nSPS) is 11.3. The largest absolute Gasteiger partial charge is 0.497 e. The number of rotatable bonds is 5. The van der Waals surface area contributed by atoms with E-state index in [-0.39, 0.29) is 5.91 Å². The van der Waals surface area contributed by atoms with E-state index in [1.54, 1.807) is 26.4 Å². The quantitative estimate of drug-likeness (QED) is 0.668. The van der Waals surface area contributed by atoms with Gasteiger partial charge < -0.3 is 14.8 Å². The summed E-state index contributed by atoms with van der Waals surface area (Å²) in [6.07, 6.45) is 1.57. The molecule has 1 N–H and O–H groups in total. The molecule has 0 heterocycles. The average Bonchev–Trinajstić information content (AvgIpc) is 2.67. The van der Waals surface area contributed by atoms with Crippen molar-refractivity contribution < 1.29 is 14.3 Å². The first-order valence-corrected chi connectivity index (χ1v) is 8.31. The highest BCUT2D eigenvalue weighted by molar-refractivity contribution is 6.05. The molecular weight excluding hydrogens is 326 g/mol. The SMILES string of the molecule is COc1ccc(/C(C)=C/C(=O)Nc2ccc3ccccc3c2)c(OC)c1. The summed E-state index contributed by atoms with van der Waals surface area (Å²) in [6.45, 7) is 1.88. The second-order valence-electron chi connectivity index (χ2n) is 5.94. The Balaban J connectivity index is 1.81. The molecule has 0 aromatic heterocycles. The standard InChI is InChI=1S/C22H21NO3/c1-15(20-11-10-19(25-2)14-21(20)26-3)12-22(24)23-18-9-8-16-6-4-5-7-17(16)13-18/h4-14H,1-3H3,(H,23,24)/b15-12+. The van der Waals surface area contributed by atoms with Gasteiger partial charge in [0, 0.05) is 23.4 Å². The van der Waals surface area contributed by atoms with Crippen molar-refractivity contribution in [2.45, 2.75) is 6.92 Å². The van der Waals surface area contributed by atoms with Gasteiger partial charge in [0.25, 0.3) is 0 Å². The fourth-order valence-corrected chi connectivity index (χ4v) is 2.84. The minimum atomic E-state index is -0.185. The van der Waals surface area contributed by atoms with Gasteiger partial charge in [0.2, 0.25) is 5.91 Å². The molecule has 4 heteroatoms. The van der Waals surface area contributed by atoms with E-state index in [1.807, 2.05) is 61.5 Å². The molecule has 132 valence electrons. The minimum Gasteiger partial charge on any atom is -0.497 e. The number of carbonyl (C=O) groups is 1. The molecule has 3 aromatic carbocycles. The highest BCUT2D eigenvalue weighted by Gasteiger charge is 2.09. The number of allylic oxidation sites excluding steroid dienone is 1. The van der Waals surface area contributed by atoms with E-state index in [2.05, 4.69) is 5.32 Å². The molecule has 4 nitrogen and oxygen atoms in total. The van der Waals surface area contributed by atoms with E-state index in [0.717, 1.165) is 27.6 Å². The summed E-state index contributed by atoms with van der Waals surface area (Å²) in [4.78, 5) is 12.4. The zero-order chi connectivity index (χ0) is 18.5. The molecule has 3 rings (SSSR count). The molecule has 0 atom stereocenters. The third-order valence-corrected chi connectivity index (χ3v) is 4.20. The van der Waals surface area contributed by atoms with Crippen LogP contribution in [0, 0.1) is 0 Å². The lowest BCUT2D eigenvalue weighted by atomic mass is 10.1. The van der Waals surface area contributed by atoms with Crippen LogP contribution in [-0.4, -0.2) is 20.1 Å². The Labute approximate surface area is 153 Å². The summed E-state index contributed by atoms with van der Waals surface area (Å²) in [7, 11) is 3.20. The molecule has 0 aliphatic carbocycles. The number of anilines is 1. The van der Waals surface area contributed by atoms with Gasteiger partial charge in [-0.05, 0) is 47.5 Å². The van der Waals surface area contributed by atoms with Gasteiger partial charge in [0.15, 0.2) is 0 Å². The number of methoxy groups -OCH3 is 2. The molecule has 0 spiro atoms. The number of carbonyl (C=O) groups excluding carboxylic acids is 1. The van der Waals surface area contributed by atoms with Crippen molar-refractivity contribution in [1.82, 2.24) is 0 Å². The highest BCUT2D eigenvalue weighted by Crippen LogP contribution is 2.30. The molecule has 0 bridgehead atoms. The second-order valence-corrected chi connectivity index (χ2v) is 5.94. The van der Waals surface area contributed by atoms with E-state index in [1.165, 1.54) is 0 Å². The van der Waals surface area contributed by atoms with Crippen LogP contribution in [0.5, 0.6) is 11.5 Å². The lowest BCUT2D eigenvalue weighted by Crippen LogP contribution is -2.08. The van der Waals surface area contributed by atoms with Crippen LogP contribution < -0.4 is 14.8 Å². The van der Waals surface area contributed by atoms with Crippen molar-refractivity contribution in [1.29, 1.82) is 0 Å². The molecule has 0 unspecified atom stereocenters. The van der Waals surface area contributed by atoms with E-state index < -0.39 is 0 Å². The van der Waals surface area contributed by atoms with Gasteiger partial charge in [0.1, 0.15) is 11.5 Å². The zero-order valence-corrected chi connectivity index (χ0v) is 15.1. The average molecular weight is 347 g/mol. The fraction of sp³-hybridized carbons (Fsp3) is 0.136. The van der Waals surface area contributed by atoms with E-state index in [0.29, 0.717) is 11.5 Å². The van der Waals surface area contributed by atoms with Crippen molar-refractivity contribution in [3.8, 4) is 11.5 Å². The van der Waals surface area contributed by atoms with Crippen LogP contribution in [-0.2, 0) is 4.79 Å². The number of amides is 1. The van der Waals surface area contributed by atoms with Gasteiger partial charge in [-0.25, -0.2) is 0 Å². The van der Waals surface area contributed by atoms with Gasteiger partial charge in [-0.15, -0.1) is 0 Å². The lowest BCUT2D eigenvalue weighted by Gasteiger charge is -2.11. The van der Waals surface area contributed by atoms with Crippen molar-refractivity contribution >= 4 is 27.9 Å². The van der Waals surface area contributed by atoms with Gasteiger partial charge >= 0.3 is 0 Å². The first-order chi connectivity index (χ1) is 12.6. The third-order valence-electron chi connectivity index (χ3n) is 4.20. The molecule has 0 saturated carbocycles. The molecule has 1 amide bonds. The topological polar surface area (TPSA) is 47.6 Å². The van der Waals surface area contributed by atoms with Crippen LogP contribution in [0.1, 0.15) is 12.5 Å². The maximum absolute atomic E-state index is 12.4. The van der Waals surface area contributed by atoms with Gasteiger partial charge in [-0.2, -0.15) is 0 Å². The first-order valence-electron chi connectivity index (χ1n) is 8.31. The van der Waals surface area contributed by atoms with Gasteiger partial charge in [-0.3, -0.25) is 4.79 Å². The summed E-state index contributed by atoms with van der Waals surface area (Å²) in [5.74, 6) is 1.19. The first kappa shape index (κ1) is 17.5. The molecular formula is C22H21NO3. The zero-order valence-electron chi connectivity index (χ0n) is 15.1. The molecule has 0 aliphatic rings. The molecule has 0 fully saturated rings. The Morgan fingerprint density at radius 3 is 2.42 bits per heavy atom. The van der Waals surface area contributed by atoms with E-state index >= 15 is 0 Å². The third kappa shape index (κ3) is 3.86. The Kier molecular flexibility index (Phi) is 5.23. The van der Waals surface area contributed by atoms with Crippen LogP contribution >= 0.6 is 0 Å². The van der Waals surface area contributed by atoms with Crippen molar-refractivity contribution in [3.63, 3.8) is 0 Å². The molecule has 26 heavy (non-hydrogen) atoms. The molecule has 0 radical (unpaired) electrons. The fourth-order valence-electron chi connectivity index (χ4n) is 2.84. The van der Waals surface area contributed by atoms with Crippen molar-refractivity contribution in [2.24, 2.45) is 0 Å². The summed E-state index contributed by atoms with van der Waals surface area (Å²) in [6, 6.07) is 19.4. The van der Waals surface area contributed by atoms with Crippen LogP contribution in [0.2, 0.25) is 0 Å². The van der Waals surface area contributed by atoms with Crippen LogP contribution in [0.15, 0.2) is 66.7 Å². The van der Waals surface area contributed by atoms with E-state index in [4.69, 9.17) is 9.47 Å². The second kappa shape index (κ2) is 7.74. The molecule has 0 aliphatic heterocycles. The summed E-state index contributed by atoms with van der Waals surface area (Å²) < 4.78 is 10.6. The molecule has 3 aromatic rings. The Morgan fingerprint density at radius 1 is 0.923 bits per heavy atom. The Bertz CT molecular complexity index is 976. The Morgan fingerprint density at radius 2 is 1.69 bits per heavy atom. The van der Waals surface area contributed by atoms with Crippen LogP contribution in [0.4, 0.5) is 5.69 Å². The van der Waals surface area contributed by atoms with E-state index in [9.17, 15) is 4.79 Å². The van der Waals surface area contributed by atoms with Gasteiger partial charge in [-0.1, -0.05) is 30.3 Å². The highest BCUT2D eigenvalue weighted by atomic mass is 16.5. The monoisotopic (exact) mass is 347 g/mol. The number of benzene rings is 3. The number of ether oxygens (including phenoxy) is 2. The van der Waals surface area contributed by atoms with Crippen molar-refractivity contribution in [2.75, 3.05) is 19.5 Å². The Hall–Kier alpha value is -3.27. The maximum Gasteiger partial charge on any atom is 0.248 e. The van der Waals surface area contributed by atoms with Crippen LogP contribution in [0.3, 0.4) is 0 Å². The number of hydrogen-bond donors (Lipinski definition) is 1. The molecule has 0 saturated heterocycles. The van der Waals surface area contributed by atoms with Gasteiger partial charge in [0.05, 0.1) is 14.2 Å². The predicted octanol–water partition coefficient (Wildman–Crippen LogP) is 4.90. The predicted molar refractivity (Wildman–Crippen MR) is 106 cm³/mol. The lowest BCUT2D eigenvalue weighted by molar-refractivity contribution is -0.111. The smallest absolute Gasteiger partial charge is 0.248 e. The number of hydrogen-bond acceptors (Lipinski definition) is 3. The summed E-state index contributed by atoms with van der Waals surface area (Å²) in [5, 5.41) is 5.14. The minimum absolute atomic E-state index is 0.185. The van der Waals surface area contributed by atoms with Crippen LogP contribution in [0.25, 0.3) is 16.3 Å². The number of nitrogens with one attached hydrogen (secondary N) is 1. The summed E-state index contributed by atoms with van der Waals surface area (Å²) >= 11 is 0. The number of fused-ring (bicyclic) bond motifs is 1. The van der Waals surface area contributed by atoms with Crippen molar-refractivity contribution in [3.05, 3.63) is 72.3 Å². The maximum atomic E-state index is 12.4. The summed E-state index contributed by atoms with van der Waals surface area (Å²) in [5.41, 5.74) is 2.42.